The third-order valence-corrected chi connectivity index (χ3v) is 6.92. The monoisotopic (exact) mass is 338 g/mol. The van der Waals surface area contributed by atoms with E-state index < -0.39 is 10.0 Å². The SMILES string of the molecule is COC[C@H]1CCCN1c1ccc2c(c1)O[C@@H]1CCN(C1)S2(=O)=O. The van der Waals surface area contributed by atoms with Crippen molar-refractivity contribution in [2.24, 2.45) is 0 Å². The van der Waals surface area contributed by atoms with Gasteiger partial charge in [-0.05, 0) is 31.4 Å². The molecule has 0 aromatic heterocycles. The number of fused-ring (bicyclic) bond motifs is 3. The van der Waals surface area contributed by atoms with Gasteiger partial charge in [-0.2, -0.15) is 4.31 Å². The summed E-state index contributed by atoms with van der Waals surface area (Å²) in [5.74, 6) is 0.498. The predicted octanol–water partition coefficient (Wildman–Crippen LogP) is 1.46. The highest BCUT2D eigenvalue weighted by atomic mass is 32.2. The first kappa shape index (κ1) is 15.2. The molecule has 4 rings (SSSR count). The lowest BCUT2D eigenvalue weighted by molar-refractivity contribution is 0.180. The first-order valence-electron chi connectivity index (χ1n) is 8.16. The molecule has 7 heteroatoms. The molecule has 126 valence electrons. The second-order valence-corrected chi connectivity index (χ2v) is 8.37. The van der Waals surface area contributed by atoms with Crippen molar-refractivity contribution in [2.45, 2.75) is 36.3 Å². The molecule has 0 radical (unpaired) electrons. The van der Waals surface area contributed by atoms with Crippen molar-refractivity contribution < 1.29 is 17.9 Å². The topological polar surface area (TPSA) is 59.1 Å². The number of ether oxygens (including phenoxy) is 2. The average Bonchev–Trinajstić information content (AvgIpc) is 3.14. The van der Waals surface area contributed by atoms with Crippen LogP contribution in [-0.2, 0) is 14.8 Å². The molecular weight excluding hydrogens is 316 g/mol. The maximum atomic E-state index is 12.7. The van der Waals surface area contributed by atoms with E-state index in [1.807, 2.05) is 12.1 Å². The van der Waals surface area contributed by atoms with Crippen molar-refractivity contribution in [2.75, 3.05) is 38.3 Å². The third-order valence-electron chi connectivity index (χ3n) is 5.01. The first-order valence-corrected chi connectivity index (χ1v) is 9.60. The van der Waals surface area contributed by atoms with Crippen LogP contribution in [0.2, 0.25) is 0 Å². The molecule has 1 aromatic carbocycles. The molecule has 3 aliphatic rings. The molecule has 3 aliphatic heterocycles. The van der Waals surface area contributed by atoms with Gasteiger partial charge >= 0.3 is 0 Å². The maximum absolute atomic E-state index is 12.7. The minimum atomic E-state index is -3.43. The minimum absolute atomic E-state index is 0.0328. The summed E-state index contributed by atoms with van der Waals surface area (Å²) in [5.41, 5.74) is 1.02. The van der Waals surface area contributed by atoms with Gasteiger partial charge in [0.05, 0.1) is 19.2 Å². The van der Waals surface area contributed by atoms with Gasteiger partial charge in [-0.3, -0.25) is 0 Å². The minimum Gasteiger partial charge on any atom is -0.487 e. The van der Waals surface area contributed by atoms with Crippen molar-refractivity contribution >= 4 is 15.7 Å². The van der Waals surface area contributed by atoms with E-state index in [-0.39, 0.29) is 6.10 Å². The number of nitrogens with zero attached hydrogens (tertiary/aromatic N) is 2. The fourth-order valence-electron chi connectivity index (χ4n) is 3.85. The molecule has 1 unspecified atom stereocenters. The molecule has 6 nitrogen and oxygen atoms in total. The highest BCUT2D eigenvalue weighted by Crippen LogP contribution is 2.38. The molecule has 2 fully saturated rings. The van der Waals surface area contributed by atoms with E-state index in [0.29, 0.717) is 36.4 Å². The highest BCUT2D eigenvalue weighted by Gasteiger charge is 2.39. The van der Waals surface area contributed by atoms with Gasteiger partial charge in [0.1, 0.15) is 16.7 Å². The number of anilines is 1. The summed E-state index contributed by atoms with van der Waals surface area (Å²) in [6.45, 7) is 2.67. The number of rotatable bonds is 3. The highest BCUT2D eigenvalue weighted by molar-refractivity contribution is 7.89. The molecule has 1 aromatic rings. The van der Waals surface area contributed by atoms with Crippen molar-refractivity contribution in [1.29, 1.82) is 0 Å². The smallest absolute Gasteiger partial charge is 0.246 e. The zero-order valence-corrected chi connectivity index (χ0v) is 14.1. The Bertz CT molecular complexity index is 706. The number of hydrogen-bond acceptors (Lipinski definition) is 5. The van der Waals surface area contributed by atoms with Crippen LogP contribution in [0.3, 0.4) is 0 Å². The molecule has 0 aliphatic carbocycles. The molecule has 0 N–H and O–H groups in total. The Balaban J connectivity index is 1.71. The zero-order valence-electron chi connectivity index (χ0n) is 13.3. The lowest BCUT2D eigenvalue weighted by atomic mass is 10.2. The first-order chi connectivity index (χ1) is 11.1. The molecular formula is C16H22N2O4S. The van der Waals surface area contributed by atoms with Gasteiger partial charge in [0.15, 0.2) is 0 Å². The van der Waals surface area contributed by atoms with Crippen molar-refractivity contribution in [3.63, 3.8) is 0 Å². The predicted molar refractivity (Wildman–Crippen MR) is 86.5 cm³/mol. The van der Waals surface area contributed by atoms with E-state index in [2.05, 4.69) is 4.90 Å². The molecule has 23 heavy (non-hydrogen) atoms. The van der Waals surface area contributed by atoms with E-state index in [4.69, 9.17) is 9.47 Å². The Morgan fingerprint density at radius 2 is 2.17 bits per heavy atom. The summed E-state index contributed by atoms with van der Waals surface area (Å²) < 4.78 is 38.2. The van der Waals surface area contributed by atoms with Crippen molar-refractivity contribution in [1.82, 2.24) is 4.31 Å². The van der Waals surface area contributed by atoms with Gasteiger partial charge in [-0.1, -0.05) is 0 Å². The summed E-state index contributed by atoms with van der Waals surface area (Å²) in [6.07, 6.45) is 2.95. The largest absolute Gasteiger partial charge is 0.487 e. The summed E-state index contributed by atoms with van der Waals surface area (Å²) >= 11 is 0. The number of benzene rings is 1. The van der Waals surface area contributed by atoms with Gasteiger partial charge in [-0.15, -0.1) is 0 Å². The third kappa shape index (κ3) is 2.51. The van der Waals surface area contributed by atoms with E-state index in [9.17, 15) is 8.42 Å². The lowest BCUT2D eigenvalue weighted by Crippen LogP contribution is -2.32. The normalized spacial score (nSPS) is 31.5. The Hall–Kier alpha value is -1.31. The number of hydrogen-bond donors (Lipinski definition) is 0. The second kappa shape index (κ2) is 5.65. The molecule has 0 spiro atoms. The Kier molecular flexibility index (Phi) is 3.74. The van der Waals surface area contributed by atoms with Gasteiger partial charge in [0, 0.05) is 32.0 Å². The standard InChI is InChI=1S/C16H22N2O4S/c1-21-11-13-3-2-7-18(13)12-4-5-16-15(9-12)22-14-6-8-17(10-14)23(16,19)20/h4-5,9,13-14H,2-3,6-8,10-11H2,1H3/t13-,14-/m1/s1. The lowest BCUT2D eigenvalue weighted by Gasteiger charge is -2.27. The molecule has 0 saturated carbocycles. The molecule has 0 amide bonds. The number of methoxy groups -OCH3 is 1. The number of sulfonamides is 1. The summed E-state index contributed by atoms with van der Waals surface area (Å²) in [7, 11) is -1.71. The van der Waals surface area contributed by atoms with Gasteiger partial charge < -0.3 is 14.4 Å². The fourth-order valence-corrected chi connectivity index (χ4v) is 5.44. The molecule has 2 bridgehead atoms. The van der Waals surface area contributed by atoms with Crippen LogP contribution in [0.1, 0.15) is 19.3 Å². The van der Waals surface area contributed by atoms with Gasteiger partial charge in [0.25, 0.3) is 0 Å². The molecule has 3 heterocycles. The fraction of sp³-hybridized carbons (Fsp3) is 0.625. The van der Waals surface area contributed by atoms with Crippen LogP contribution in [0.4, 0.5) is 5.69 Å². The second-order valence-electron chi connectivity index (χ2n) is 6.47. The van der Waals surface area contributed by atoms with Gasteiger partial charge in [0.2, 0.25) is 10.0 Å². The van der Waals surface area contributed by atoms with Gasteiger partial charge in [-0.25, -0.2) is 8.42 Å². The summed E-state index contributed by atoms with van der Waals surface area (Å²) in [4.78, 5) is 2.59. The Morgan fingerprint density at radius 3 is 3.00 bits per heavy atom. The zero-order chi connectivity index (χ0) is 16.0. The molecule has 3 atom stereocenters. The Labute approximate surface area is 137 Å². The van der Waals surface area contributed by atoms with Crippen LogP contribution < -0.4 is 9.64 Å². The van der Waals surface area contributed by atoms with E-state index in [1.165, 1.54) is 4.31 Å². The van der Waals surface area contributed by atoms with Crippen LogP contribution in [-0.4, -0.2) is 58.2 Å². The summed E-state index contributed by atoms with van der Waals surface area (Å²) in [6, 6.07) is 5.83. The van der Waals surface area contributed by atoms with Crippen molar-refractivity contribution in [3.8, 4) is 5.75 Å². The van der Waals surface area contributed by atoms with Crippen LogP contribution in [0.15, 0.2) is 23.1 Å². The maximum Gasteiger partial charge on any atom is 0.246 e. The van der Waals surface area contributed by atoms with Crippen LogP contribution in [0.25, 0.3) is 0 Å². The molecule has 2 saturated heterocycles. The quantitative estimate of drug-likeness (QED) is 0.835. The van der Waals surface area contributed by atoms with Crippen LogP contribution in [0, 0.1) is 0 Å². The van der Waals surface area contributed by atoms with Crippen molar-refractivity contribution in [3.05, 3.63) is 18.2 Å². The van der Waals surface area contributed by atoms with Crippen LogP contribution >= 0.6 is 0 Å². The van der Waals surface area contributed by atoms with E-state index >= 15 is 0 Å². The van der Waals surface area contributed by atoms with E-state index in [1.54, 1.807) is 13.2 Å². The van der Waals surface area contributed by atoms with Crippen LogP contribution in [0.5, 0.6) is 5.75 Å². The van der Waals surface area contributed by atoms with E-state index in [0.717, 1.165) is 31.5 Å². The average molecular weight is 338 g/mol. The summed E-state index contributed by atoms with van der Waals surface area (Å²) in [5, 5.41) is 0. The Morgan fingerprint density at radius 1 is 1.30 bits per heavy atom.